The second-order valence-electron chi connectivity index (χ2n) is 2.72. The molecule has 0 radical (unpaired) electrons. The first-order valence-corrected chi connectivity index (χ1v) is 3.93. The van der Waals surface area contributed by atoms with Crippen molar-refractivity contribution in [2.75, 3.05) is 0 Å². The molecule has 0 atom stereocenters. The van der Waals surface area contributed by atoms with Gasteiger partial charge >= 0.3 is 18.3 Å². The average molecular weight is 300 g/mol. The fourth-order valence-electron chi connectivity index (χ4n) is 0.913. The van der Waals surface area contributed by atoms with E-state index in [9.17, 15) is 22.8 Å². The molecule has 17 heavy (non-hydrogen) atoms. The first kappa shape index (κ1) is 15.6. The zero-order valence-corrected chi connectivity index (χ0v) is 11.3. The number of halogens is 3. The summed E-state index contributed by atoms with van der Waals surface area (Å²) in [6.07, 6.45) is -5.05. The number of carbonyl (C=O) groups is 2. The molecule has 0 aliphatic rings. The van der Waals surface area contributed by atoms with E-state index in [1.165, 1.54) is 0 Å². The van der Waals surface area contributed by atoms with E-state index in [2.05, 4.69) is 4.74 Å². The standard InChI is InChI=1S/C9H5F3O4.Zn/c10-9(11,12)16-8(15)6-3-1-5(2-4-6)7(13)14;/h1-4H,(H,13,14);. The van der Waals surface area contributed by atoms with Crippen molar-refractivity contribution in [3.63, 3.8) is 0 Å². The summed E-state index contributed by atoms with van der Waals surface area (Å²) in [6, 6.07) is 3.90. The number of carboxylic acids is 1. The molecule has 0 amide bonds. The fourth-order valence-corrected chi connectivity index (χ4v) is 0.913. The number of hydrogen-bond acceptors (Lipinski definition) is 3. The molecule has 0 heterocycles. The summed E-state index contributed by atoms with van der Waals surface area (Å²) in [5, 5.41) is 8.50. The Hall–Kier alpha value is -1.43. The Labute approximate surface area is 106 Å². The monoisotopic (exact) mass is 298 g/mol. The number of esters is 1. The molecule has 0 saturated carbocycles. The third-order valence-electron chi connectivity index (χ3n) is 1.58. The van der Waals surface area contributed by atoms with Gasteiger partial charge in [0.2, 0.25) is 0 Å². The van der Waals surface area contributed by atoms with Crippen LogP contribution < -0.4 is 0 Å². The van der Waals surface area contributed by atoms with Crippen LogP contribution in [0.25, 0.3) is 0 Å². The van der Waals surface area contributed by atoms with Gasteiger partial charge in [0.05, 0.1) is 11.1 Å². The molecule has 0 unspecified atom stereocenters. The number of benzene rings is 1. The van der Waals surface area contributed by atoms with Gasteiger partial charge in [-0.25, -0.2) is 9.59 Å². The van der Waals surface area contributed by atoms with Gasteiger partial charge in [-0.3, -0.25) is 0 Å². The third-order valence-corrected chi connectivity index (χ3v) is 1.58. The van der Waals surface area contributed by atoms with E-state index in [4.69, 9.17) is 5.11 Å². The Morgan fingerprint density at radius 1 is 1.06 bits per heavy atom. The van der Waals surface area contributed by atoms with Gasteiger partial charge in [0.1, 0.15) is 0 Å². The summed E-state index contributed by atoms with van der Waals surface area (Å²) in [7, 11) is 0. The van der Waals surface area contributed by atoms with Crippen LogP contribution in [0.3, 0.4) is 0 Å². The number of carboxylic acid groups (broad SMARTS) is 1. The van der Waals surface area contributed by atoms with Gasteiger partial charge in [0.15, 0.2) is 0 Å². The van der Waals surface area contributed by atoms with Crippen LogP contribution in [0, 0.1) is 0 Å². The predicted octanol–water partition coefficient (Wildman–Crippen LogP) is 2.06. The molecular formula is C9H5F3O4Zn. The summed E-state index contributed by atoms with van der Waals surface area (Å²) in [5.41, 5.74) is -0.508. The van der Waals surface area contributed by atoms with Crippen LogP contribution in [0.5, 0.6) is 0 Å². The van der Waals surface area contributed by atoms with E-state index in [0.29, 0.717) is 0 Å². The van der Waals surface area contributed by atoms with Crippen LogP contribution in [0.4, 0.5) is 13.2 Å². The summed E-state index contributed by atoms with van der Waals surface area (Å²) in [6.45, 7) is 0. The maximum absolute atomic E-state index is 11.7. The molecule has 0 spiro atoms. The van der Waals surface area contributed by atoms with Crippen molar-refractivity contribution in [2.45, 2.75) is 6.36 Å². The Morgan fingerprint density at radius 2 is 1.47 bits per heavy atom. The molecule has 0 aliphatic heterocycles. The minimum absolute atomic E-state index is 0. The van der Waals surface area contributed by atoms with Crippen LogP contribution >= 0.6 is 0 Å². The molecule has 8 heteroatoms. The largest absolute Gasteiger partial charge is 0.575 e. The number of ether oxygens (including phenoxy) is 1. The Balaban J connectivity index is 0.00000256. The quantitative estimate of drug-likeness (QED) is 0.670. The van der Waals surface area contributed by atoms with Gasteiger partial charge in [-0.05, 0) is 24.3 Å². The Bertz CT molecular complexity index is 413. The molecule has 1 aromatic rings. The van der Waals surface area contributed by atoms with Crippen LogP contribution in [-0.4, -0.2) is 23.4 Å². The van der Waals surface area contributed by atoms with Crippen molar-refractivity contribution in [1.82, 2.24) is 0 Å². The number of aromatic carboxylic acids is 1. The normalized spacial score (nSPS) is 10.3. The molecule has 4 nitrogen and oxygen atoms in total. The maximum atomic E-state index is 11.7. The average Bonchev–Trinajstić information content (AvgIpc) is 2.15. The summed E-state index contributed by atoms with van der Waals surface area (Å²) < 4.78 is 38.1. The van der Waals surface area contributed by atoms with Gasteiger partial charge in [-0.15, -0.1) is 13.2 Å². The smallest absolute Gasteiger partial charge is 0.478 e. The zero-order chi connectivity index (χ0) is 12.3. The second kappa shape index (κ2) is 5.77. The molecule has 0 saturated heterocycles. The summed E-state index contributed by atoms with van der Waals surface area (Å²) in [4.78, 5) is 21.3. The van der Waals surface area contributed by atoms with Gasteiger partial charge in [-0.1, -0.05) is 0 Å². The van der Waals surface area contributed by atoms with Crippen LogP contribution in [0.2, 0.25) is 0 Å². The first-order valence-electron chi connectivity index (χ1n) is 3.93. The van der Waals surface area contributed by atoms with Crippen LogP contribution in [0.1, 0.15) is 20.7 Å². The zero-order valence-electron chi connectivity index (χ0n) is 8.32. The van der Waals surface area contributed by atoms with E-state index in [-0.39, 0.29) is 30.6 Å². The van der Waals surface area contributed by atoms with Crippen LogP contribution in [0.15, 0.2) is 24.3 Å². The fraction of sp³-hybridized carbons (Fsp3) is 0.111. The number of rotatable bonds is 2. The van der Waals surface area contributed by atoms with E-state index < -0.39 is 18.3 Å². The minimum Gasteiger partial charge on any atom is -0.478 e. The molecule has 88 valence electrons. The first-order chi connectivity index (χ1) is 7.29. The molecule has 1 aromatic carbocycles. The van der Waals surface area contributed by atoms with E-state index >= 15 is 0 Å². The summed E-state index contributed by atoms with van der Waals surface area (Å²) >= 11 is 0. The van der Waals surface area contributed by atoms with Gasteiger partial charge < -0.3 is 9.84 Å². The van der Waals surface area contributed by atoms with Crippen molar-refractivity contribution >= 4 is 11.9 Å². The molecular weight excluding hydrogens is 294 g/mol. The number of hydrogen-bond donors (Lipinski definition) is 1. The molecule has 0 aromatic heterocycles. The molecule has 1 N–H and O–H groups in total. The number of alkyl halides is 3. The van der Waals surface area contributed by atoms with Crippen LogP contribution in [-0.2, 0) is 24.2 Å². The third kappa shape index (κ3) is 4.95. The maximum Gasteiger partial charge on any atom is 0.575 e. The number of carbonyl (C=O) groups excluding carboxylic acids is 1. The van der Waals surface area contributed by atoms with Crippen molar-refractivity contribution < 1.29 is 52.1 Å². The topological polar surface area (TPSA) is 63.6 Å². The van der Waals surface area contributed by atoms with Gasteiger partial charge in [0, 0.05) is 19.5 Å². The van der Waals surface area contributed by atoms with E-state index in [0.717, 1.165) is 24.3 Å². The van der Waals surface area contributed by atoms with Gasteiger partial charge in [-0.2, -0.15) is 0 Å². The SMILES string of the molecule is O=C(O)c1ccc(C(=O)OC(F)(F)F)cc1.[Zn]. The predicted molar refractivity (Wildman–Crippen MR) is 44.9 cm³/mol. The van der Waals surface area contributed by atoms with Crippen molar-refractivity contribution in [3.05, 3.63) is 35.4 Å². The summed E-state index contributed by atoms with van der Waals surface area (Å²) in [5.74, 6) is -2.82. The second-order valence-corrected chi connectivity index (χ2v) is 2.72. The van der Waals surface area contributed by atoms with Crippen molar-refractivity contribution in [1.29, 1.82) is 0 Å². The Kier molecular flexibility index (Phi) is 5.28. The minimum atomic E-state index is -5.05. The van der Waals surface area contributed by atoms with E-state index in [1.807, 2.05) is 0 Å². The molecule has 0 fully saturated rings. The molecule has 1 rings (SSSR count). The van der Waals surface area contributed by atoms with Crippen molar-refractivity contribution in [3.8, 4) is 0 Å². The molecule has 0 bridgehead atoms. The Morgan fingerprint density at radius 3 is 1.82 bits per heavy atom. The van der Waals surface area contributed by atoms with Gasteiger partial charge in [0.25, 0.3) is 0 Å². The van der Waals surface area contributed by atoms with Crippen molar-refractivity contribution in [2.24, 2.45) is 0 Å². The van der Waals surface area contributed by atoms with E-state index in [1.54, 1.807) is 0 Å². The molecule has 0 aliphatic carbocycles.